The quantitative estimate of drug-likeness (QED) is 0.275. The van der Waals surface area contributed by atoms with E-state index in [4.69, 9.17) is 21.1 Å². The third-order valence-corrected chi connectivity index (χ3v) is 4.25. The van der Waals surface area contributed by atoms with Gasteiger partial charge in [-0.3, -0.25) is 35.0 Å². The Kier molecular flexibility index (Phi) is 9.00. The van der Waals surface area contributed by atoms with E-state index in [0.29, 0.717) is 11.3 Å². The van der Waals surface area contributed by atoms with Crippen LogP contribution in [0.15, 0.2) is 55.1 Å². The van der Waals surface area contributed by atoms with E-state index in [0.717, 1.165) is 12.4 Å². The van der Waals surface area contributed by atoms with Crippen LogP contribution in [0.5, 0.6) is 17.2 Å². The molecule has 0 fully saturated rings. The summed E-state index contributed by atoms with van der Waals surface area (Å²) in [6, 6.07) is 7.60. The minimum atomic E-state index is -0.583. The molecule has 0 aliphatic rings. The normalized spacial score (nSPS) is 9.79. The molecule has 0 aliphatic carbocycles. The monoisotopic (exact) mass is 476 g/mol. The van der Waals surface area contributed by atoms with E-state index in [1.807, 2.05) is 0 Å². The van der Waals surface area contributed by atoms with Crippen LogP contribution >= 0.6 is 11.6 Å². The predicted octanol–water partition coefficient (Wildman–Crippen LogP) is 4.15. The fourth-order valence-corrected chi connectivity index (χ4v) is 2.54. The smallest absolute Gasteiger partial charge is 0.329 e. The largest absolute Gasteiger partial charge is 0.493 e. The highest BCUT2D eigenvalue weighted by molar-refractivity contribution is 6.32. The highest BCUT2D eigenvalue weighted by Crippen LogP contribution is 2.36. The molecule has 1 aromatic carbocycles. The van der Waals surface area contributed by atoms with Crippen molar-refractivity contribution in [1.29, 1.82) is 0 Å². The van der Waals surface area contributed by atoms with Crippen LogP contribution in [-0.4, -0.2) is 40.0 Å². The van der Waals surface area contributed by atoms with Gasteiger partial charge in [-0.05, 0) is 23.8 Å². The molecule has 0 amide bonds. The molecule has 0 radical (unpaired) electrons. The van der Waals surface area contributed by atoms with E-state index in [9.17, 15) is 25.0 Å². The third kappa shape index (κ3) is 7.11. The molecule has 13 heteroatoms. The maximum atomic E-state index is 11.3. The summed E-state index contributed by atoms with van der Waals surface area (Å²) in [7, 11) is 2.74. The Balaban J connectivity index is 0.000000321. The zero-order chi connectivity index (χ0) is 24.4. The van der Waals surface area contributed by atoms with E-state index >= 15 is 0 Å². The number of hydrogen-bond donors (Lipinski definition) is 0. The van der Waals surface area contributed by atoms with Crippen molar-refractivity contribution in [2.24, 2.45) is 0 Å². The third-order valence-electron chi connectivity index (χ3n) is 3.93. The summed E-state index contributed by atoms with van der Waals surface area (Å²) in [5.74, 6) is 0.294. The number of benzene rings is 1. The summed E-state index contributed by atoms with van der Waals surface area (Å²) < 4.78 is 15.4. The SMILES string of the molecule is COC(=O)Cc1ccc(Oc2ccncc2[N+](=O)[O-])c(OC)c1.O=[N+]([O-])c1cnccc1Cl. The Morgan fingerprint density at radius 3 is 2.12 bits per heavy atom. The number of carbonyl (C=O) groups is 1. The van der Waals surface area contributed by atoms with Crippen LogP contribution < -0.4 is 9.47 Å². The van der Waals surface area contributed by atoms with Crippen molar-refractivity contribution in [3.8, 4) is 17.2 Å². The second-order valence-corrected chi connectivity index (χ2v) is 6.43. The van der Waals surface area contributed by atoms with Crippen LogP contribution in [0.4, 0.5) is 11.4 Å². The molecule has 2 aromatic heterocycles. The standard InChI is InChI=1S/C15H14N2O6.C5H3ClN2O2/c1-21-14-7-10(8-15(18)22-2)3-4-13(14)23-12-5-6-16-9-11(12)17(19)20;6-4-1-2-7-3-5(4)8(9)10/h3-7,9H,8H2,1-2H3;1-3H. The molecule has 0 N–H and O–H groups in total. The van der Waals surface area contributed by atoms with Crippen molar-refractivity contribution in [3.63, 3.8) is 0 Å². The van der Waals surface area contributed by atoms with Crippen molar-refractivity contribution < 1.29 is 28.9 Å². The molecular formula is C20H17ClN4O8. The van der Waals surface area contributed by atoms with Crippen molar-refractivity contribution in [2.45, 2.75) is 6.42 Å². The lowest BCUT2D eigenvalue weighted by atomic mass is 10.1. The van der Waals surface area contributed by atoms with Crippen LogP contribution in [0.1, 0.15) is 5.56 Å². The number of pyridine rings is 2. The van der Waals surface area contributed by atoms with E-state index in [1.165, 1.54) is 38.7 Å². The van der Waals surface area contributed by atoms with Gasteiger partial charge in [-0.1, -0.05) is 17.7 Å². The van der Waals surface area contributed by atoms with Gasteiger partial charge in [-0.25, -0.2) is 0 Å². The van der Waals surface area contributed by atoms with Gasteiger partial charge in [0.1, 0.15) is 17.4 Å². The maximum absolute atomic E-state index is 11.3. The average molecular weight is 477 g/mol. The number of esters is 1. The van der Waals surface area contributed by atoms with Crippen LogP contribution in [0, 0.1) is 20.2 Å². The van der Waals surface area contributed by atoms with Crippen LogP contribution in [0.25, 0.3) is 0 Å². The fourth-order valence-electron chi connectivity index (χ4n) is 2.36. The van der Waals surface area contributed by atoms with Crippen LogP contribution in [0.3, 0.4) is 0 Å². The number of carbonyl (C=O) groups excluding carboxylic acids is 1. The minimum Gasteiger partial charge on any atom is -0.493 e. The highest BCUT2D eigenvalue weighted by Gasteiger charge is 2.18. The molecular weight excluding hydrogens is 460 g/mol. The molecule has 0 unspecified atom stereocenters. The molecule has 12 nitrogen and oxygen atoms in total. The van der Waals surface area contributed by atoms with Gasteiger partial charge < -0.3 is 14.2 Å². The molecule has 0 spiro atoms. The van der Waals surface area contributed by atoms with Gasteiger partial charge >= 0.3 is 17.3 Å². The Labute approximate surface area is 192 Å². The lowest BCUT2D eigenvalue weighted by Crippen LogP contribution is -2.04. The van der Waals surface area contributed by atoms with E-state index in [2.05, 4.69) is 14.7 Å². The molecule has 0 saturated carbocycles. The van der Waals surface area contributed by atoms with Crippen LogP contribution in [-0.2, 0) is 16.0 Å². The first-order valence-electron chi connectivity index (χ1n) is 9.00. The molecule has 0 aliphatic heterocycles. The van der Waals surface area contributed by atoms with Crippen molar-refractivity contribution in [3.05, 3.63) is 85.9 Å². The van der Waals surface area contributed by atoms with E-state index < -0.39 is 9.85 Å². The number of aromatic nitrogens is 2. The first kappa shape index (κ1) is 24.9. The van der Waals surface area contributed by atoms with Gasteiger partial charge in [-0.15, -0.1) is 0 Å². The Hall–Kier alpha value is -4.32. The zero-order valence-corrected chi connectivity index (χ0v) is 18.1. The van der Waals surface area contributed by atoms with E-state index in [-0.39, 0.29) is 40.3 Å². The van der Waals surface area contributed by atoms with Gasteiger partial charge in [-0.2, -0.15) is 0 Å². The Morgan fingerprint density at radius 2 is 1.58 bits per heavy atom. The van der Waals surface area contributed by atoms with Crippen molar-refractivity contribution in [1.82, 2.24) is 9.97 Å². The summed E-state index contributed by atoms with van der Waals surface area (Å²) in [6.07, 6.45) is 5.09. The van der Waals surface area contributed by atoms with Gasteiger partial charge in [0.25, 0.3) is 0 Å². The van der Waals surface area contributed by atoms with Gasteiger partial charge in [0.15, 0.2) is 11.5 Å². The summed E-state index contributed by atoms with van der Waals surface area (Å²) in [4.78, 5) is 38.5. The lowest BCUT2D eigenvalue weighted by molar-refractivity contribution is -0.386. The fraction of sp³-hybridized carbons (Fsp3) is 0.150. The lowest BCUT2D eigenvalue weighted by Gasteiger charge is -2.11. The zero-order valence-electron chi connectivity index (χ0n) is 17.3. The van der Waals surface area contributed by atoms with Gasteiger partial charge in [0.05, 0.1) is 30.5 Å². The molecule has 172 valence electrons. The minimum absolute atomic E-state index is 0.0454. The molecule has 33 heavy (non-hydrogen) atoms. The van der Waals surface area contributed by atoms with Gasteiger partial charge in [0, 0.05) is 18.5 Å². The predicted molar refractivity (Wildman–Crippen MR) is 116 cm³/mol. The highest BCUT2D eigenvalue weighted by atomic mass is 35.5. The Bertz CT molecular complexity index is 1160. The second-order valence-electron chi connectivity index (χ2n) is 6.02. The first-order valence-corrected chi connectivity index (χ1v) is 9.38. The molecule has 3 rings (SSSR count). The molecule has 0 atom stereocenters. The summed E-state index contributed by atoms with van der Waals surface area (Å²) >= 11 is 5.44. The topological polar surface area (TPSA) is 157 Å². The van der Waals surface area contributed by atoms with E-state index in [1.54, 1.807) is 18.2 Å². The number of nitrogens with zero attached hydrogens (tertiary/aromatic N) is 4. The molecule has 3 aromatic rings. The molecule has 0 bridgehead atoms. The summed E-state index contributed by atoms with van der Waals surface area (Å²) in [6.45, 7) is 0. The first-order chi connectivity index (χ1) is 15.8. The number of ether oxygens (including phenoxy) is 3. The summed E-state index contributed by atoms with van der Waals surface area (Å²) in [5, 5.41) is 21.2. The molecule has 2 heterocycles. The number of halogens is 1. The maximum Gasteiger partial charge on any atom is 0.329 e. The second kappa shape index (κ2) is 11.9. The number of methoxy groups -OCH3 is 2. The summed E-state index contributed by atoms with van der Waals surface area (Å²) in [5.41, 5.74) is 0.252. The van der Waals surface area contributed by atoms with Crippen LogP contribution in [0.2, 0.25) is 5.02 Å². The van der Waals surface area contributed by atoms with Crippen molar-refractivity contribution >= 4 is 28.9 Å². The number of nitro groups is 2. The number of hydrogen-bond acceptors (Lipinski definition) is 10. The number of rotatable bonds is 7. The average Bonchev–Trinajstić information content (AvgIpc) is 2.80. The van der Waals surface area contributed by atoms with Gasteiger partial charge in [0.2, 0.25) is 5.75 Å². The van der Waals surface area contributed by atoms with Crippen molar-refractivity contribution in [2.75, 3.05) is 14.2 Å². The molecule has 0 saturated heterocycles. The Morgan fingerprint density at radius 1 is 0.939 bits per heavy atom.